The quantitative estimate of drug-likeness (QED) is 0.666. The minimum atomic E-state index is -0.856. The first kappa shape index (κ1) is 10.0. The summed E-state index contributed by atoms with van der Waals surface area (Å²) >= 11 is 0. The lowest BCUT2D eigenvalue weighted by Gasteiger charge is -2.30. The van der Waals surface area contributed by atoms with Gasteiger partial charge in [0.15, 0.2) is 0 Å². The Labute approximate surface area is 76.9 Å². The van der Waals surface area contributed by atoms with Crippen LogP contribution in [0.1, 0.15) is 26.2 Å². The van der Waals surface area contributed by atoms with E-state index in [4.69, 9.17) is 9.84 Å². The molecule has 1 N–H and O–H groups in total. The standard InChI is InChI=1S/C9H14O4/c1-6(10)13-5-8(9(11)12)7-3-2-4-7/h7-8H,2-5H2,1H3,(H,11,12). The Hall–Kier alpha value is -1.06. The highest BCUT2D eigenvalue weighted by Crippen LogP contribution is 2.33. The summed E-state index contributed by atoms with van der Waals surface area (Å²) in [4.78, 5) is 21.2. The molecule has 1 fully saturated rings. The summed E-state index contributed by atoms with van der Waals surface area (Å²) in [5.41, 5.74) is 0. The van der Waals surface area contributed by atoms with Crippen molar-refractivity contribution in [1.82, 2.24) is 0 Å². The third-order valence-electron chi connectivity index (χ3n) is 2.50. The highest BCUT2D eigenvalue weighted by atomic mass is 16.5. The van der Waals surface area contributed by atoms with Crippen molar-refractivity contribution < 1.29 is 19.4 Å². The van der Waals surface area contributed by atoms with Crippen LogP contribution in [0.4, 0.5) is 0 Å². The van der Waals surface area contributed by atoms with Crippen LogP contribution in [0.15, 0.2) is 0 Å². The highest BCUT2D eigenvalue weighted by Gasteiger charge is 2.33. The number of hydrogen-bond acceptors (Lipinski definition) is 3. The molecule has 0 aromatic carbocycles. The molecular weight excluding hydrogens is 172 g/mol. The monoisotopic (exact) mass is 186 g/mol. The van der Waals surface area contributed by atoms with Gasteiger partial charge in [0.25, 0.3) is 0 Å². The normalized spacial score (nSPS) is 18.8. The molecule has 0 saturated heterocycles. The van der Waals surface area contributed by atoms with E-state index in [2.05, 4.69) is 0 Å². The van der Waals surface area contributed by atoms with E-state index in [1.165, 1.54) is 6.92 Å². The van der Waals surface area contributed by atoms with E-state index in [0.717, 1.165) is 19.3 Å². The van der Waals surface area contributed by atoms with E-state index in [-0.39, 0.29) is 12.5 Å². The molecule has 74 valence electrons. The molecule has 0 aromatic heterocycles. The molecule has 1 saturated carbocycles. The SMILES string of the molecule is CC(=O)OCC(C(=O)O)C1CCC1. The number of ether oxygens (including phenoxy) is 1. The van der Waals surface area contributed by atoms with Gasteiger partial charge in [-0.25, -0.2) is 0 Å². The van der Waals surface area contributed by atoms with Crippen molar-refractivity contribution in [3.8, 4) is 0 Å². The zero-order valence-corrected chi connectivity index (χ0v) is 7.66. The van der Waals surface area contributed by atoms with Crippen molar-refractivity contribution in [1.29, 1.82) is 0 Å². The number of hydrogen-bond donors (Lipinski definition) is 1. The Morgan fingerprint density at radius 3 is 2.46 bits per heavy atom. The van der Waals surface area contributed by atoms with Crippen LogP contribution in [-0.4, -0.2) is 23.7 Å². The van der Waals surface area contributed by atoms with Gasteiger partial charge in [0.05, 0.1) is 5.92 Å². The lowest BCUT2D eigenvalue weighted by molar-refractivity contribution is -0.153. The second-order valence-corrected chi connectivity index (χ2v) is 3.44. The van der Waals surface area contributed by atoms with Crippen LogP contribution in [0.25, 0.3) is 0 Å². The van der Waals surface area contributed by atoms with Crippen LogP contribution in [0.3, 0.4) is 0 Å². The highest BCUT2D eigenvalue weighted by molar-refractivity contribution is 5.71. The van der Waals surface area contributed by atoms with Crippen LogP contribution in [0, 0.1) is 11.8 Å². The number of carboxylic acids is 1. The molecule has 1 rings (SSSR count). The molecule has 4 nitrogen and oxygen atoms in total. The number of rotatable bonds is 4. The van der Waals surface area contributed by atoms with Gasteiger partial charge in [-0.2, -0.15) is 0 Å². The Bertz CT molecular complexity index is 208. The lowest BCUT2D eigenvalue weighted by atomic mass is 9.76. The van der Waals surface area contributed by atoms with E-state index in [0.29, 0.717) is 0 Å². The first-order chi connectivity index (χ1) is 6.11. The topological polar surface area (TPSA) is 63.6 Å². The van der Waals surface area contributed by atoms with E-state index in [1.54, 1.807) is 0 Å². The largest absolute Gasteiger partial charge is 0.481 e. The fourth-order valence-electron chi connectivity index (χ4n) is 1.46. The van der Waals surface area contributed by atoms with Crippen molar-refractivity contribution >= 4 is 11.9 Å². The van der Waals surface area contributed by atoms with Crippen molar-refractivity contribution in [2.45, 2.75) is 26.2 Å². The number of carbonyl (C=O) groups excluding carboxylic acids is 1. The number of esters is 1. The Kier molecular flexibility index (Phi) is 3.28. The predicted molar refractivity (Wildman–Crippen MR) is 45.1 cm³/mol. The molecule has 0 spiro atoms. The molecular formula is C9H14O4. The van der Waals surface area contributed by atoms with Gasteiger partial charge in [-0.1, -0.05) is 6.42 Å². The van der Waals surface area contributed by atoms with Crippen LogP contribution < -0.4 is 0 Å². The summed E-state index contributed by atoms with van der Waals surface area (Å²) in [7, 11) is 0. The molecule has 1 atom stereocenters. The summed E-state index contributed by atoms with van der Waals surface area (Å²) in [6.07, 6.45) is 2.98. The molecule has 0 bridgehead atoms. The van der Waals surface area contributed by atoms with Gasteiger partial charge < -0.3 is 9.84 Å². The second-order valence-electron chi connectivity index (χ2n) is 3.44. The zero-order chi connectivity index (χ0) is 9.84. The van der Waals surface area contributed by atoms with E-state index >= 15 is 0 Å². The predicted octanol–water partition coefficient (Wildman–Crippen LogP) is 1.05. The average Bonchev–Trinajstić information content (AvgIpc) is 1.92. The lowest BCUT2D eigenvalue weighted by Crippen LogP contribution is -2.32. The fraction of sp³-hybridized carbons (Fsp3) is 0.778. The molecule has 0 heterocycles. The van der Waals surface area contributed by atoms with E-state index in [1.807, 2.05) is 0 Å². The summed E-state index contributed by atoms with van der Waals surface area (Å²) in [5, 5.41) is 8.83. The Morgan fingerprint density at radius 1 is 1.54 bits per heavy atom. The van der Waals surface area contributed by atoms with Gasteiger partial charge in [0, 0.05) is 6.92 Å². The van der Waals surface area contributed by atoms with Crippen molar-refractivity contribution in [2.24, 2.45) is 11.8 Å². The molecule has 0 aliphatic heterocycles. The molecule has 13 heavy (non-hydrogen) atoms. The van der Waals surface area contributed by atoms with Crippen LogP contribution in [0.5, 0.6) is 0 Å². The van der Waals surface area contributed by atoms with Gasteiger partial charge in [-0.3, -0.25) is 9.59 Å². The number of aliphatic carboxylic acids is 1. The van der Waals surface area contributed by atoms with Gasteiger partial charge in [0.2, 0.25) is 0 Å². The summed E-state index contributed by atoms with van der Waals surface area (Å²) in [6.45, 7) is 1.31. The smallest absolute Gasteiger partial charge is 0.310 e. The molecule has 0 radical (unpaired) electrons. The third kappa shape index (κ3) is 2.72. The van der Waals surface area contributed by atoms with Crippen molar-refractivity contribution in [3.63, 3.8) is 0 Å². The first-order valence-corrected chi connectivity index (χ1v) is 4.47. The molecule has 1 aliphatic carbocycles. The zero-order valence-electron chi connectivity index (χ0n) is 7.66. The molecule has 4 heteroatoms. The van der Waals surface area contributed by atoms with Crippen molar-refractivity contribution in [3.05, 3.63) is 0 Å². The molecule has 0 amide bonds. The maximum absolute atomic E-state index is 10.8. The Balaban J connectivity index is 2.37. The average molecular weight is 186 g/mol. The minimum absolute atomic E-state index is 0.0231. The third-order valence-corrected chi connectivity index (χ3v) is 2.50. The summed E-state index contributed by atoms with van der Waals surface area (Å²) in [5.74, 6) is -1.56. The second kappa shape index (κ2) is 4.25. The molecule has 1 aliphatic rings. The van der Waals surface area contributed by atoms with Crippen molar-refractivity contribution in [2.75, 3.05) is 6.61 Å². The van der Waals surface area contributed by atoms with Crippen LogP contribution in [-0.2, 0) is 14.3 Å². The van der Waals surface area contributed by atoms with Gasteiger partial charge >= 0.3 is 11.9 Å². The van der Waals surface area contributed by atoms with E-state index in [9.17, 15) is 9.59 Å². The van der Waals surface area contributed by atoms with Gasteiger partial charge in [-0.05, 0) is 18.8 Å². The fourth-order valence-corrected chi connectivity index (χ4v) is 1.46. The number of carboxylic acid groups (broad SMARTS) is 1. The number of carbonyl (C=O) groups is 2. The van der Waals surface area contributed by atoms with Crippen LogP contribution >= 0.6 is 0 Å². The molecule has 0 aromatic rings. The summed E-state index contributed by atoms with van der Waals surface area (Å²) in [6, 6.07) is 0. The maximum atomic E-state index is 10.8. The molecule has 1 unspecified atom stereocenters. The first-order valence-electron chi connectivity index (χ1n) is 4.47. The Morgan fingerprint density at radius 2 is 2.15 bits per heavy atom. The van der Waals surface area contributed by atoms with Gasteiger partial charge in [-0.15, -0.1) is 0 Å². The maximum Gasteiger partial charge on any atom is 0.310 e. The minimum Gasteiger partial charge on any atom is -0.481 e. The summed E-state index contributed by atoms with van der Waals surface area (Å²) < 4.78 is 4.70. The van der Waals surface area contributed by atoms with Crippen LogP contribution in [0.2, 0.25) is 0 Å². The van der Waals surface area contributed by atoms with Gasteiger partial charge in [0.1, 0.15) is 6.61 Å². The van der Waals surface area contributed by atoms with E-state index < -0.39 is 17.9 Å².